The molecule has 1 amide bonds. The smallest absolute Gasteiger partial charge is 0.274 e. The number of aliphatic hydroxyl groups is 1. The summed E-state index contributed by atoms with van der Waals surface area (Å²) < 4.78 is 0. The van der Waals surface area contributed by atoms with E-state index in [1.54, 1.807) is 0 Å². The number of fused-ring (bicyclic) bond motifs is 1. The largest absolute Gasteiger partial charge is 0.393 e. The third-order valence-electron chi connectivity index (χ3n) is 4.74. The standard InChI is InChI=1S/C15H23N3O2/c1-9-3-4-12-11(7-9)14(17-16-12)15(20)18-6-5-13(19)10(2)8-18/h9-10,13,19H,3-8H2,1-2H3,(H,16,17)/t9-,10+,13-/m1/s1. The number of aromatic amines is 1. The van der Waals surface area contributed by atoms with E-state index in [1.165, 1.54) is 0 Å². The monoisotopic (exact) mass is 277 g/mol. The number of nitrogens with one attached hydrogen (secondary N) is 1. The van der Waals surface area contributed by atoms with Crippen LogP contribution in [0.2, 0.25) is 0 Å². The van der Waals surface area contributed by atoms with Crippen LogP contribution < -0.4 is 0 Å². The summed E-state index contributed by atoms with van der Waals surface area (Å²) in [6.45, 7) is 5.47. The number of carbonyl (C=O) groups excluding carboxylic acids is 1. The van der Waals surface area contributed by atoms with Crippen LogP contribution in [0, 0.1) is 11.8 Å². The Kier molecular flexibility index (Phi) is 3.54. The molecule has 3 atom stereocenters. The van der Waals surface area contributed by atoms with Gasteiger partial charge in [0, 0.05) is 24.3 Å². The van der Waals surface area contributed by atoms with Gasteiger partial charge in [0.05, 0.1) is 6.10 Å². The Morgan fingerprint density at radius 3 is 2.95 bits per heavy atom. The maximum absolute atomic E-state index is 12.7. The van der Waals surface area contributed by atoms with Gasteiger partial charge in [0.15, 0.2) is 5.69 Å². The highest BCUT2D eigenvalue weighted by Gasteiger charge is 2.32. The van der Waals surface area contributed by atoms with E-state index < -0.39 is 0 Å². The average molecular weight is 277 g/mol. The summed E-state index contributed by atoms with van der Waals surface area (Å²) in [7, 11) is 0. The number of aryl methyl sites for hydroxylation is 1. The second-order valence-corrected chi connectivity index (χ2v) is 6.46. The van der Waals surface area contributed by atoms with Crippen LogP contribution in [0.4, 0.5) is 0 Å². The molecule has 1 fully saturated rings. The van der Waals surface area contributed by atoms with Gasteiger partial charge in [-0.25, -0.2) is 0 Å². The van der Waals surface area contributed by atoms with Gasteiger partial charge in [-0.2, -0.15) is 5.10 Å². The molecule has 0 unspecified atom stereocenters. The maximum atomic E-state index is 12.7. The molecule has 1 aliphatic carbocycles. The molecule has 5 nitrogen and oxygen atoms in total. The van der Waals surface area contributed by atoms with Crippen LogP contribution in [0.15, 0.2) is 0 Å². The number of aromatic nitrogens is 2. The molecule has 2 N–H and O–H groups in total. The number of nitrogens with zero attached hydrogens (tertiary/aromatic N) is 2. The maximum Gasteiger partial charge on any atom is 0.274 e. The highest BCUT2D eigenvalue weighted by Crippen LogP contribution is 2.27. The number of rotatable bonds is 1. The second kappa shape index (κ2) is 5.20. The first-order valence-electron chi connectivity index (χ1n) is 7.59. The molecule has 1 aromatic heterocycles. The first-order valence-corrected chi connectivity index (χ1v) is 7.59. The summed E-state index contributed by atoms with van der Waals surface area (Å²) in [5.41, 5.74) is 2.86. The van der Waals surface area contributed by atoms with E-state index >= 15 is 0 Å². The van der Waals surface area contributed by atoms with Crippen molar-refractivity contribution in [1.82, 2.24) is 15.1 Å². The van der Waals surface area contributed by atoms with Crippen molar-refractivity contribution in [2.75, 3.05) is 13.1 Å². The zero-order valence-corrected chi connectivity index (χ0v) is 12.2. The summed E-state index contributed by atoms with van der Waals surface area (Å²) >= 11 is 0. The van der Waals surface area contributed by atoms with Crippen molar-refractivity contribution in [3.05, 3.63) is 17.0 Å². The molecule has 0 saturated carbocycles. The van der Waals surface area contributed by atoms with Crippen molar-refractivity contribution < 1.29 is 9.90 Å². The predicted molar refractivity (Wildman–Crippen MR) is 75.5 cm³/mol. The quantitative estimate of drug-likeness (QED) is 0.814. The number of H-pyrrole nitrogens is 1. The van der Waals surface area contributed by atoms with Crippen LogP contribution in [0.25, 0.3) is 0 Å². The third-order valence-corrected chi connectivity index (χ3v) is 4.74. The molecule has 110 valence electrons. The van der Waals surface area contributed by atoms with Gasteiger partial charge >= 0.3 is 0 Å². The molecule has 3 rings (SSSR count). The molecule has 20 heavy (non-hydrogen) atoms. The van der Waals surface area contributed by atoms with E-state index in [1.807, 2.05) is 11.8 Å². The van der Waals surface area contributed by atoms with Crippen LogP contribution >= 0.6 is 0 Å². The normalized spacial score (nSPS) is 30.1. The van der Waals surface area contributed by atoms with Crippen molar-refractivity contribution in [2.24, 2.45) is 11.8 Å². The fourth-order valence-electron chi connectivity index (χ4n) is 3.31. The highest BCUT2D eigenvalue weighted by atomic mass is 16.3. The van der Waals surface area contributed by atoms with E-state index in [-0.39, 0.29) is 17.9 Å². The van der Waals surface area contributed by atoms with Gasteiger partial charge < -0.3 is 10.0 Å². The molecular formula is C15H23N3O2. The van der Waals surface area contributed by atoms with Gasteiger partial charge in [0.1, 0.15) is 0 Å². The molecule has 1 aromatic rings. The topological polar surface area (TPSA) is 69.2 Å². The number of hydrogen-bond donors (Lipinski definition) is 2. The Morgan fingerprint density at radius 1 is 1.40 bits per heavy atom. The Labute approximate surface area is 119 Å². The Hall–Kier alpha value is -1.36. The molecule has 0 bridgehead atoms. The minimum atomic E-state index is -0.285. The molecule has 0 aromatic carbocycles. The minimum absolute atomic E-state index is 0.0235. The summed E-state index contributed by atoms with van der Waals surface area (Å²) in [6, 6.07) is 0. The lowest BCUT2D eigenvalue weighted by Gasteiger charge is -2.34. The first-order chi connectivity index (χ1) is 9.56. The molecule has 5 heteroatoms. The van der Waals surface area contributed by atoms with Crippen molar-refractivity contribution in [2.45, 2.75) is 45.6 Å². The first kappa shape index (κ1) is 13.6. The summed E-state index contributed by atoms with van der Waals surface area (Å²) in [5, 5.41) is 17.1. The Balaban J connectivity index is 1.80. The van der Waals surface area contributed by atoms with E-state index in [2.05, 4.69) is 17.1 Å². The van der Waals surface area contributed by atoms with E-state index in [9.17, 15) is 9.90 Å². The van der Waals surface area contributed by atoms with Gasteiger partial charge in [-0.15, -0.1) is 0 Å². The van der Waals surface area contributed by atoms with Crippen LogP contribution in [0.1, 0.15) is 48.4 Å². The lowest BCUT2D eigenvalue weighted by atomic mass is 9.87. The molecule has 1 saturated heterocycles. The molecule has 2 heterocycles. The number of aliphatic hydroxyl groups excluding tert-OH is 1. The van der Waals surface area contributed by atoms with Crippen LogP contribution in [0.5, 0.6) is 0 Å². The lowest BCUT2D eigenvalue weighted by molar-refractivity contribution is 0.0293. The molecule has 0 radical (unpaired) electrons. The predicted octanol–water partition coefficient (Wildman–Crippen LogP) is 1.38. The summed E-state index contributed by atoms with van der Waals surface area (Å²) in [6.07, 6.45) is 3.48. The fourth-order valence-corrected chi connectivity index (χ4v) is 3.31. The number of hydrogen-bond acceptors (Lipinski definition) is 3. The summed E-state index contributed by atoms with van der Waals surface area (Å²) in [5.74, 6) is 0.783. The molecular weight excluding hydrogens is 254 g/mol. The van der Waals surface area contributed by atoms with Gasteiger partial charge in [-0.1, -0.05) is 13.8 Å². The van der Waals surface area contributed by atoms with E-state index in [0.29, 0.717) is 31.1 Å². The average Bonchev–Trinajstić information content (AvgIpc) is 2.84. The highest BCUT2D eigenvalue weighted by molar-refractivity contribution is 5.94. The zero-order valence-electron chi connectivity index (χ0n) is 12.2. The lowest BCUT2D eigenvalue weighted by Crippen LogP contribution is -2.45. The van der Waals surface area contributed by atoms with Gasteiger partial charge in [0.2, 0.25) is 0 Å². The molecule has 1 aliphatic heterocycles. The molecule has 2 aliphatic rings. The van der Waals surface area contributed by atoms with Crippen molar-refractivity contribution in [3.63, 3.8) is 0 Å². The van der Waals surface area contributed by atoms with E-state index in [0.717, 1.165) is 30.5 Å². The number of likely N-dealkylation sites (tertiary alicyclic amines) is 1. The van der Waals surface area contributed by atoms with Crippen LogP contribution in [-0.4, -0.2) is 45.3 Å². The van der Waals surface area contributed by atoms with Crippen LogP contribution in [-0.2, 0) is 12.8 Å². The fraction of sp³-hybridized carbons (Fsp3) is 0.733. The van der Waals surface area contributed by atoms with Gasteiger partial charge in [-0.05, 0) is 37.5 Å². The second-order valence-electron chi connectivity index (χ2n) is 6.46. The zero-order chi connectivity index (χ0) is 14.3. The Bertz CT molecular complexity index is 511. The van der Waals surface area contributed by atoms with Crippen molar-refractivity contribution >= 4 is 5.91 Å². The SMILES string of the molecule is C[C@@H]1CCc2[nH]nc(C(=O)N3CC[C@@H](O)[C@@H](C)C3)c2C1. The minimum Gasteiger partial charge on any atom is -0.393 e. The molecule has 0 spiro atoms. The van der Waals surface area contributed by atoms with Gasteiger partial charge in [-0.3, -0.25) is 9.89 Å². The number of carbonyl (C=O) groups is 1. The Morgan fingerprint density at radius 2 is 2.20 bits per heavy atom. The summed E-state index contributed by atoms with van der Waals surface area (Å²) in [4.78, 5) is 14.5. The number of piperidine rings is 1. The van der Waals surface area contributed by atoms with Crippen molar-refractivity contribution in [3.8, 4) is 0 Å². The third kappa shape index (κ3) is 2.35. The van der Waals surface area contributed by atoms with Gasteiger partial charge in [0.25, 0.3) is 5.91 Å². The van der Waals surface area contributed by atoms with E-state index in [4.69, 9.17) is 0 Å². The van der Waals surface area contributed by atoms with Crippen LogP contribution in [0.3, 0.4) is 0 Å². The van der Waals surface area contributed by atoms with Crippen molar-refractivity contribution in [1.29, 1.82) is 0 Å². The number of amides is 1.